The van der Waals surface area contributed by atoms with Gasteiger partial charge in [0.05, 0.1) is 20.9 Å². The number of rotatable bonds is 3. The maximum absolute atomic E-state index is 12.8. The number of hydrogen-bond donors (Lipinski definition) is 0. The van der Waals surface area contributed by atoms with E-state index in [0.29, 0.717) is 6.04 Å². The minimum atomic E-state index is 0.165. The Morgan fingerprint density at radius 2 is 2.04 bits per heavy atom. The van der Waals surface area contributed by atoms with Gasteiger partial charge < -0.3 is 9.64 Å². The first kappa shape index (κ1) is 17.9. The number of halogens is 2. The highest BCUT2D eigenvalue weighted by molar-refractivity contribution is 9.13. The van der Waals surface area contributed by atoms with Crippen LogP contribution in [0.25, 0.3) is 0 Å². The third-order valence-corrected chi connectivity index (χ3v) is 7.70. The van der Waals surface area contributed by atoms with Crippen LogP contribution in [0.1, 0.15) is 36.4 Å². The highest BCUT2D eigenvalue weighted by atomic mass is 79.9. The van der Waals surface area contributed by atoms with E-state index in [-0.39, 0.29) is 18.1 Å². The SMILES string of the molecule is CC1CN(CC2CCCN2C(=O)c2cc(Br)c(Br)s2)CC(C)O1. The van der Waals surface area contributed by atoms with Gasteiger partial charge in [-0.15, -0.1) is 11.3 Å². The van der Waals surface area contributed by atoms with Gasteiger partial charge in [0.15, 0.2) is 0 Å². The van der Waals surface area contributed by atoms with E-state index in [9.17, 15) is 4.79 Å². The molecule has 7 heteroatoms. The zero-order chi connectivity index (χ0) is 16.6. The Morgan fingerprint density at radius 1 is 1.35 bits per heavy atom. The molecule has 2 aliphatic rings. The number of nitrogens with zero attached hydrogens (tertiary/aromatic N) is 2. The Balaban J connectivity index is 1.66. The van der Waals surface area contributed by atoms with Crippen LogP contribution < -0.4 is 0 Å². The normalized spacial score (nSPS) is 29.2. The van der Waals surface area contributed by atoms with E-state index in [1.54, 1.807) is 0 Å². The maximum atomic E-state index is 12.8. The van der Waals surface area contributed by atoms with Crippen molar-refractivity contribution in [3.05, 3.63) is 19.2 Å². The minimum absolute atomic E-state index is 0.165. The molecule has 1 aromatic heterocycles. The third-order valence-electron chi connectivity index (χ3n) is 4.46. The Bertz CT molecular complexity index is 551. The smallest absolute Gasteiger partial charge is 0.264 e. The lowest BCUT2D eigenvalue weighted by atomic mass is 10.1. The average Bonchev–Trinajstić information content (AvgIpc) is 3.05. The van der Waals surface area contributed by atoms with Crippen LogP contribution >= 0.6 is 43.2 Å². The van der Waals surface area contributed by atoms with Crippen molar-refractivity contribution in [1.82, 2.24) is 9.80 Å². The highest BCUT2D eigenvalue weighted by Crippen LogP contribution is 2.34. The number of likely N-dealkylation sites (tertiary alicyclic amines) is 1. The van der Waals surface area contributed by atoms with Crippen LogP contribution in [-0.2, 0) is 4.74 Å². The van der Waals surface area contributed by atoms with Gasteiger partial charge in [-0.05, 0) is 64.6 Å². The van der Waals surface area contributed by atoms with Crippen LogP contribution in [0.4, 0.5) is 0 Å². The Morgan fingerprint density at radius 3 is 2.65 bits per heavy atom. The third kappa shape index (κ3) is 4.18. The highest BCUT2D eigenvalue weighted by Gasteiger charge is 2.33. The molecular formula is C16H22Br2N2O2S. The van der Waals surface area contributed by atoms with E-state index in [1.165, 1.54) is 11.3 Å². The number of amides is 1. The molecule has 0 N–H and O–H groups in total. The standard InChI is InChI=1S/C16H22Br2N2O2S/c1-10-7-19(8-11(2)22-10)9-12-4-3-5-20(12)16(21)14-6-13(17)15(18)23-14/h6,10-12H,3-5,7-9H2,1-2H3. The summed E-state index contributed by atoms with van der Waals surface area (Å²) in [4.78, 5) is 18.2. The first-order valence-corrected chi connectivity index (χ1v) is 10.5. The molecule has 4 nitrogen and oxygen atoms in total. The second kappa shape index (κ2) is 7.52. The van der Waals surface area contributed by atoms with E-state index in [1.807, 2.05) is 6.07 Å². The molecule has 0 saturated carbocycles. The Kier molecular flexibility index (Phi) is 5.84. The first-order chi connectivity index (χ1) is 10.9. The zero-order valence-electron chi connectivity index (χ0n) is 13.4. The predicted molar refractivity (Wildman–Crippen MR) is 100 cm³/mol. The maximum Gasteiger partial charge on any atom is 0.264 e. The summed E-state index contributed by atoms with van der Waals surface area (Å²) in [7, 11) is 0. The van der Waals surface area contributed by atoms with Gasteiger partial charge in [0.2, 0.25) is 0 Å². The summed E-state index contributed by atoms with van der Waals surface area (Å²) in [6.45, 7) is 7.99. The molecule has 2 saturated heterocycles. The van der Waals surface area contributed by atoms with E-state index in [2.05, 4.69) is 55.5 Å². The molecule has 0 aliphatic carbocycles. The van der Waals surface area contributed by atoms with Gasteiger partial charge in [0, 0.05) is 36.7 Å². The second-order valence-corrected chi connectivity index (χ2v) is 9.73. The fourth-order valence-electron chi connectivity index (χ4n) is 3.62. The monoisotopic (exact) mass is 464 g/mol. The molecule has 3 unspecified atom stereocenters. The van der Waals surface area contributed by atoms with Crippen LogP contribution in [-0.4, -0.2) is 60.1 Å². The molecular weight excluding hydrogens is 444 g/mol. The molecule has 3 heterocycles. The summed E-state index contributed by atoms with van der Waals surface area (Å²) < 4.78 is 7.74. The van der Waals surface area contributed by atoms with Gasteiger partial charge in [0.25, 0.3) is 5.91 Å². The van der Waals surface area contributed by atoms with Gasteiger partial charge >= 0.3 is 0 Å². The molecule has 0 bridgehead atoms. The van der Waals surface area contributed by atoms with E-state index in [4.69, 9.17) is 4.74 Å². The van der Waals surface area contributed by atoms with Crippen LogP contribution in [0.2, 0.25) is 0 Å². The molecule has 2 fully saturated rings. The van der Waals surface area contributed by atoms with Gasteiger partial charge in [-0.1, -0.05) is 0 Å². The molecule has 0 spiro atoms. The molecule has 2 aliphatic heterocycles. The van der Waals surface area contributed by atoms with Crippen molar-refractivity contribution in [1.29, 1.82) is 0 Å². The van der Waals surface area contributed by atoms with Crippen LogP contribution in [0.3, 0.4) is 0 Å². The van der Waals surface area contributed by atoms with E-state index in [0.717, 1.165) is 52.2 Å². The predicted octanol–water partition coefficient (Wildman–Crippen LogP) is 3.99. The van der Waals surface area contributed by atoms with Crippen molar-refractivity contribution in [2.45, 2.75) is 44.9 Å². The van der Waals surface area contributed by atoms with Crippen molar-refractivity contribution in [2.24, 2.45) is 0 Å². The van der Waals surface area contributed by atoms with Crippen LogP contribution in [0.15, 0.2) is 14.3 Å². The van der Waals surface area contributed by atoms with E-state index >= 15 is 0 Å². The van der Waals surface area contributed by atoms with Gasteiger partial charge in [-0.25, -0.2) is 0 Å². The number of carbonyl (C=O) groups is 1. The van der Waals surface area contributed by atoms with Crippen molar-refractivity contribution in [3.63, 3.8) is 0 Å². The summed E-state index contributed by atoms with van der Waals surface area (Å²) in [5.41, 5.74) is 0. The zero-order valence-corrected chi connectivity index (χ0v) is 17.4. The molecule has 128 valence electrons. The van der Waals surface area contributed by atoms with Gasteiger partial charge in [0.1, 0.15) is 0 Å². The molecule has 1 amide bonds. The number of thiophene rings is 1. The molecule has 3 atom stereocenters. The Labute approximate surface area is 158 Å². The van der Waals surface area contributed by atoms with Gasteiger partial charge in [-0.2, -0.15) is 0 Å². The van der Waals surface area contributed by atoms with E-state index < -0.39 is 0 Å². The molecule has 0 aromatic carbocycles. The number of morpholine rings is 1. The average molecular weight is 466 g/mol. The lowest BCUT2D eigenvalue weighted by molar-refractivity contribution is -0.0715. The largest absolute Gasteiger partial charge is 0.373 e. The molecule has 3 rings (SSSR count). The lowest BCUT2D eigenvalue weighted by Gasteiger charge is -2.38. The van der Waals surface area contributed by atoms with Crippen molar-refractivity contribution in [3.8, 4) is 0 Å². The molecule has 1 aromatic rings. The summed E-state index contributed by atoms with van der Waals surface area (Å²) in [6, 6.07) is 2.24. The van der Waals surface area contributed by atoms with Crippen molar-refractivity contribution < 1.29 is 9.53 Å². The summed E-state index contributed by atoms with van der Waals surface area (Å²) in [6.07, 6.45) is 2.74. The number of hydrogen-bond acceptors (Lipinski definition) is 4. The first-order valence-electron chi connectivity index (χ1n) is 8.07. The quantitative estimate of drug-likeness (QED) is 0.676. The fourth-order valence-corrected chi connectivity index (χ4v) is 5.61. The lowest BCUT2D eigenvalue weighted by Crippen LogP contribution is -2.50. The topological polar surface area (TPSA) is 32.8 Å². The Hall–Kier alpha value is 0.0500. The molecule has 0 radical (unpaired) electrons. The van der Waals surface area contributed by atoms with Crippen molar-refractivity contribution >= 4 is 49.1 Å². The second-order valence-electron chi connectivity index (χ2n) is 6.50. The van der Waals surface area contributed by atoms with Crippen LogP contribution in [0, 0.1) is 0 Å². The minimum Gasteiger partial charge on any atom is -0.373 e. The summed E-state index contributed by atoms with van der Waals surface area (Å²) in [5.74, 6) is 0.165. The summed E-state index contributed by atoms with van der Waals surface area (Å²) >= 11 is 8.45. The van der Waals surface area contributed by atoms with Crippen LogP contribution in [0.5, 0.6) is 0 Å². The van der Waals surface area contributed by atoms with Gasteiger partial charge in [-0.3, -0.25) is 9.69 Å². The fraction of sp³-hybridized carbons (Fsp3) is 0.688. The van der Waals surface area contributed by atoms with Crippen molar-refractivity contribution in [2.75, 3.05) is 26.2 Å². The number of carbonyl (C=O) groups excluding carboxylic acids is 1. The molecule has 23 heavy (non-hydrogen) atoms. The summed E-state index contributed by atoms with van der Waals surface area (Å²) in [5, 5.41) is 0. The number of ether oxygens (including phenoxy) is 1.